The van der Waals surface area contributed by atoms with E-state index in [2.05, 4.69) is 13.8 Å². The number of hydrogen-bond acceptors (Lipinski definition) is 2. The van der Waals surface area contributed by atoms with E-state index in [1.54, 1.807) is 0 Å². The second-order valence-electron chi connectivity index (χ2n) is 5.82. The number of likely N-dealkylation sites (tertiary alicyclic amines) is 1. The second-order valence-corrected chi connectivity index (χ2v) is 6.26. The molecule has 1 amide bonds. The van der Waals surface area contributed by atoms with Crippen molar-refractivity contribution in [3.05, 3.63) is 0 Å². The molecule has 1 saturated heterocycles. The SMILES string of the molecule is CC(C)C1CCN(C(=O)C2(C(N)=S)CC2)CC1. The maximum Gasteiger partial charge on any atom is 0.235 e. The van der Waals surface area contributed by atoms with Crippen molar-refractivity contribution in [3.8, 4) is 0 Å². The molecular formula is C13H22N2OS. The molecule has 0 aromatic heterocycles. The van der Waals surface area contributed by atoms with Crippen molar-refractivity contribution in [2.75, 3.05) is 13.1 Å². The van der Waals surface area contributed by atoms with Crippen LogP contribution in [0.15, 0.2) is 0 Å². The van der Waals surface area contributed by atoms with E-state index < -0.39 is 5.41 Å². The molecule has 0 aromatic rings. The van der Waals surface area contributed by atoms with Gasteiger partial charge in [-0.25, -0.2) is 0 Å². The van der Waals surface area contributed by atoms with Crippen LogP contribution in [0.2, 0.25) is 0 Å². The Morgan fingerprint density at radius 3 is 2.24 bits per heavy atom. The molecule has 0 unspecified atom stereocenters. The second kappa shape index (κ2) is 4.56. The molecule has 1 saturated carbocycles. The Labute approximate surface area is 109 Å². The zero-order valence-corrected chi connectivity index (χ0v) is 11.6. The van der Waals surface area contributed by atoms with Gasteiger partial charge < -0.3 is 10.6 Å². The average molecular weight is 254 g/mol. The Bertz CT molecular complexity index is 328. The highest BCUT2D eigenvalue weighted by molar-refractivity contribution is 7.80. The fraction of sp³-hybridized carbons (Fsp3) is 0.846. The highest BCUT2D eigenvalue weighted by Crippen LogP contribution is 2.48. The van der Waals surface area contributed by atoms with Crippen LogP contribution < -0.4 is 5.73 Å². The van der Waals surface area contributed by atoms with Gasteiger partial charge in [0.05, 0.1) is 10.4 Å². The van der Waals surface area contributed by atoms with Crippen molar-refractivity contribution in [2.24, 2.45) is 23.0 Å². The summed E-state index contributed by atoms with van der Waals surface area (Å²) in [5.74, 6) is 1.67. The third-order valence-electron chi connectivity index (χ3n) is 4.40. The lowest BCUT2D eigenvalue weighted by molar-refractivity contribution is -0.136. The van der Waals surface area contributed by atoms with Crippen molar-refractivity contribution in [1.82, 2.24) is 4.90 Å². The maximum absolute atomic E-state index is 12.4. The molecule has 4 heteroatoms. The lowest BCUT2D eigenvalue weighted by Gasteiger charge is -2.35. The minimum absolute atomic E-state index is 0.187. The topological polar surface area (TPSA) is 46.3 Å². The van der Waals surface area contributed by atoms with E-state index in [0.29, 0.717) is 4.99 Å². The van der Waals surface area contributed by atoms with Gasteiger partial charge in [0.1, 0.15) is 0 Å². The fourth-order valence-corrected chi connectivity index (χ4v) is 3.05. The van der Waals surface area contributed by atoms with Crippen molar-refractivity contribution in [1.29, 1.82) is 0 Å². The van der Waals surface area contributed by atoms with Gasteiger partial charge in [0.2, 0.25) is 5.91 Å². The molecule has 1 aliphatic carbocycles. The number of piperidine rings is 1. The maximum atomic E-state index is 12.4. The number of carbonyl (C=O) groups is 1. The van der Waals surface area contributed by atoms with E-state index in [0.717, 1.165) is 50.6 Å². The zero-order chi connectivity index (χ0) is 12.6. The number of thiocarbonyl (C=S) groups is 1. The van der Waals surface area contributed by atoms with E-state index in [1.807, 2.05) is 4.90 Å². The number of nitrogens with zero attached hydrogens (tertiary/aromatic N) is 1. The predicted molar refractivity (Wildman–Crippen MR) is 72.6 cm³/mol. The smallest absolute Gasteiger partial charge is 0.235 e. The molecule has 0 spiro atoms. The first-order chi connectivity index (χ1) is 7.97. The van der Waals surface area contributed by atoms with Gasteiger partial charge in [0.25, 0.3) is 0 Å². The van der Waals surface area contributed by atoms with Gasteiger partial charge in [-0.2, -0.15) is 0 Å². The molecule has 1 aliphatic heterocycles. The molecule has 0 aromatic carbocycles. The summed E-state index contributed by atoms with van der Waals surface area (Å²) in [6, 6.07) is 0. The third kappa shape index (κ3) is 2.32. The Kier molecular flexibility index (Phi) is 3.43. The summed E-state index contributed by atoms with van der Waals surface area (Å²) < 4.78 is 0. The van der Waals surface area contributed by atoms with Crippen LogP contribution in [0.5, 0.6) is 0 Å². The molecule has 1 heterocycles. The summed E-state index contributed by atoms with van der Waals surface area (Å²) in [7, 11) is 0. The van der Waals surface area contributed by atoms with Crippen LogP contribution in [0.4, 0.5) is 0 Å². The normalized spacial score (nSPS) is 23.8. The highest BCUT2D eigenvalue weighted by Gasteiger charge is 2.54. The molecule has 3 nitrogen and oxygen atoms in total. The van der Waals surface area contributed by atoms with Gasteiger partial charge in [-0.05, 0) is 37.5 Å². The van der Waals surface area contributed by atoms with Crippen LogP contribution in [-0.2, 0) is 4.79 Å². The molecule has 2 aliphatic rings. The average Bonchev–Trinajstić information content (AvgIpc) is 3.09. The molecule has 2 N–H and O–H groups in total. The first kappa shape index (κ1) is 12.8. The third-order valence-corrected chi connectivity index (χ3v) is 4.79. The van der Waals surface area contributed by atoms with Gasteiger partial charge >= 0.3 is 0 Å². The van der Waals surface area contributed by atoms with Crippen LogP contribution >= 0.6 is 12.2 Å². The highest BCUT2D eigenvalue weighted by atomic mass is 32.1. The minimum Gasteiger partial charge on any atom is -0.392 e. The molecule has 0 bridgehead atoms. The van der Waals surface area contributed by atoms with Crippen molar-refractivity contribution < 1.29 is 4.79 Å². The fourth-order valence-electron chi connectivity index (χ4n) is 2.76. The van der Waals surface area contributed by atoms with Gasteiger partial charge in [0.15, 0.2) is 0 Å². The van der Waals surface area contributed by atoms with E-state index in [-0.39, 0.29) is 5.91 Å². The quantitative estimate of drug-likeness (QED) is 0.783. The van der Waals surface area contributed by atoms with Gasteiger partial charge in [0, 0.05) is 13.1 Å². The number of hydrogen-bond donors (Lipinski definition) is 1. The monoisotopic (exact) mass is 254 g/mol. The van der Waals surface area contributed by atoms with E-state index >= 15 is 0 Å². The van der Waals surface area contributed by atoms with Crippen LogP contribution in [0.3, 0.4) is 0 Å². The largest absolute Gasteiger partial charge is 0.392 e. The van der Waals surface area contributed by atoms with Crippen LogP contribution in [0.25, 0.3) is 0 Å². The Morgan fingerprint density at radius 1 is 1.35 bits per heavy atom. The molecule has 0 atom stereocenters. The first-order valence-electron chi connectivity index (χ1n) is 6.56. The van der Waals surface area contributed by atoms with Gasteiger partial charge in [-0.3, -0.25) is 4.79 Å². The molecule has 2 rings (SSSR count). The Hall–Kier alpha value is -0.640. The van der Waals surface area contributed by atoms with Gasteiger partial charge in [-0.15, -0.1) is 0 Å². The Morgan fingerprint density at radius 2 is 1.88 bits per heavy atom. The van der Waals surface area contributed by atoms with Crippen LogP contribution in [0.1, 0.15) is 39.5 Å². The number of nitrogens with two attached hydrogens (primary N) is 1. The zero-order valence-electron chi connectivity index (χ0n) is 10.7. The molecule has 0 radical (unpaired) electrons. The minimum atomic E-state index is -0.458. The van der Waals surface area contributed by atoms with Crippen molar-refractivity contribution in [3.63, 3.8) is 0 Å². The van der Waals surface area contributed by atoms with Crippen molar-refractivity contribution in [2.45, 2.75) is 39.5 Å². The van der Waals surface area contributed by atoms with Gasteiger partial charge in [-0.1, -0.05) is 26.1 Å². The summed E-state index contributed by atoms with van der Waals surface area (Å²) in [5.41, 5.74) is 5.24. The van der Waals surface area contributed by atoms with E-state index in [9.17, 15) is 4.79 Å². The lowest BCUT2D eigenvalue weighted by Crippen LogP contribution is -2.46. The van der Waals surface area contributed by atoms with Crippen LogP contribution in [-0.4, -0.2) is 28.9 Å². The summed E-state index contributed by atoms with van der Waals surface area (Å²) in [4.78, 5) is 14.7. The number of amides is 1. The molecule has 17 heavy (non-hydrogen) atoms. The first-order valence-corrected chi connectivity index (χ1v) is 6.97. The standard InChI is InChI=1S/C13H22N2OS/c1-9(2)10-3-7-15(8-4-10)12(16)13(5-6-13)11(14)17/h9-10H,3-8H2,1-2H3,(H2,14,17). The molecule has 96 valence electrons. The molecule has 2 fully saturated rings. The van der Waals surface area contributed by atoms with E-state index in [4.69, 9.17) is 18.0 Å². The predicted octanol–water partition coefficient (Wildman–Crippen LogP) is 1.95. The number of rotatable bonds is 3. The summed E-state index contributed by atoms with van der Waals surface area (Å²) in [5, 5.41) is 0. The summed E-state index contributed by atoms with van der Waals surface area (Å²) in [6.07, 6.45) is 3.95. The van der Waals surface area contributed by atoms with Crippen molar-refractivity contribution >= 4 is 23.1 Å². The summed E-state index contributed by atoms with van der Waals surface area (Å²) in [6.45, 7) is 6.29. The summed E-state index contributed by atoms with van der Waals surface area (Å²) >= 11 is 5.03. The molecular weight excluding hydrogens is 232 g/mol. The number of carbonyl (C=O) groups excluding carboxylic acids is 1. The lowest BCUT2D eigenvalue weighted by atomic mass is 9.86. The van der Waals surface area contributed by atoms with E-state index in [1.165, 1.54) is 0 Å². The van der Waals surface area contributed by atoms with Crippen LogP contribution in [0, 0.1) is 17.3 Å². The Balaban J connectivity index is 1.93.